The number of hydrogen-bond acceptors (Lipinski definition) is 5. The van der Waals surface area contributed by atoms with Gasteiger partial charge < -0.3 is 15.0 Å². The van der Waals surface area contributed by atoms with Gasteiger partial charge in [-0.3, -0.25) is 13.9 Å². The number of nitrogens with zero attached hydrogens (tertiary/aromatic N) is 2. The molecule has 0 radical (unpaired) electrons. The number of anilines is 1. The first-order valence-corrected chi connectivity index (χ1v) is 13.4. The molecule has 0 heterocycles. The lowest BCUT2D eigenvalue weighted by molar-refractivity contribution is -0.139. The van der Waals surface area contributed by atoms with Gasteiger partial charge >= 0.3 is 0 Å². The summed E-state index contributed by atoms with van der Waals surface area (Å²) < 4.78 is 33.8. The molecule has 2 amide bonds. The van der Waals surface area contributed by atoms with Gasteiger partial charge in [-0.25, -0.2) is 8.42 Å². The first-order chi connectivity index (χ1) is 17.6. The van der Waals surface area contributed by atoms with Gasteiger partial charge in [0.25, 0.3) is 10.0 Å². The fourth-order valence-electron chi connectivity index (χ4n) is 3.80. The lowest BCUT2D eigenvalue weighted by atomic mass is 10.1. The number of carbonyl (C=O) groups excluding carboxylic acids is 2. The van der Waals surface area contributed by atoms with Gasteiger partial charge in [0.15, 0.2) is 0 Å². The molecule has 0 aliphatic heterocycles. The summed E-state index contributed by atoms with van der Waals surface area (Å²) in [6.45, 7) is 3.00. The van der Waals surface area contributed by atoms with Crippen molar-refractivity contribution in [2.45, 2.75) is 31.3 Å². The zero-order valence-electron chi connectivity index (χ0n) is 21.1. The van der Waals surface area contributed by atoms with Crippen molar-refractivity contribution in [1.82, 2.24) is 10.2 Å². The van der Waals surface area contributed by atoms with E-state index in [4.69, 9.17) is 16.3 Å². The molecule has 0 bridgehead atoms. The van der Waals surface area contributed by atoms with Crippen molar-refractivity contribution >= 4 is 39.1 Å². The van der Waals surface area contributed by atoms with Crippen LogP contribution in [-0.4, -0.2) is 51.9 Å². The van der Waals surface area contributed by atoms with Crippen LogP contribution < -0.4 is 14.4 Å². The minimum atomic E-state index is -4.14. The Hall–Kier alpha value is -3.56. The van der Waals surface area contributed by atoms with Gasteiger partial charge in [-0.15, -0.1) is 0 Å². The van der Waals surface area contributed by atoms with E-state index in [1.807, 2.05) is 19.1 Å². The first kappa shape index (κ1) is 28.0. The Labute approximate surface area is 222 Å². The van der Waals surface area contributed by atoms with Crippen LogP contribution in [0.2, 0.25) is 5.02 Å². The maximum atomic E-state index is 13.8. The molecule has 0 spiro atoms. The molecule has 0 unspecified atom stereocenters. The van der Waals surface area contributed by atoms with Crippen LogP contribution in [0.5, 0.6) is 5.75 Å². The largest absolute Gasteiger partial charge is 0.497 e. The average molecular weight is 544 g/mol. The summed E-state index contributed by atoms with van der Waals surface area (Å²) in [7, 11) is -1.12. The number of methoxy groups -OCH3 is 1. The Morgan fingerprint density at radius 3 is 2.32 bits per heavy atom. The third-order valence-electron chi connectivity index (χ3n) is 5.87. The molecule has 1 atom stereocenters. The van der Waals surface area contributed by atoms with Crippen molar-refractivity contribution in [3.8, 4) is 5.75 Å². The van der Waals surface area contributed by atoms with Gasteiger partial charge in [-0.2, -0.15) is 0 Å². The monoisotopic (exact) mass is 543 g/mol. The lowest BCUT2D eigenvalue weighted by Crippen LogP contribution is -2.50. The molecule has 0 aromatic heterocycles. The van der Waals surface area contributed by atoms with Crippen molar-refractivity contribution in [1.29, 1.82) is 0 Å². The minimum absolute atomic E-state index is 0.00935. The van der Waals surface area contributed by atoms with Gasteiger partial charge in [-0.1, -0.05) is 35.9 Å². The molecule has 0 saturated heterocycles. The standard InChI is InChI=1S/C27H30ClN3O5S/c1-19-7-5-9-23(15-19)31(37(34,35)25-13-11-22(28)12-14-25)18-26(32)30(20(2)27(33)29-3)17-21-8-6-10-24(16-21)36-4/h5-16,20H,17-18H2,1-4H3,(H,29,33)/t20-/m1/s1. The number of ether oxygens (including phenoxy) is 1. The Balaban J connectivity index is 2.03. The highest BCUT2D eigenvalue weighted by Gasteiger charge is 2.32. The molecular weight excluding hydrogens is 514 g/mol. The van der Waals surface area contributed by atoms with Crippen molar-refractivity contribution in [3.63, 3.8) is 0 Å². The lowest BCUT2D eigenvalue weighted by Gasteiger charge is -2.32. The second-order valence-corrected chi connectivity index (χ2v) is 10.8. The van der Waals surface area contributed by atoms with E-state index in [2.05, 4.69) is 5.32 Å². The third kappa shape index (κ3) is 6.81. The summed E-state index contributed by atoms with van der Waals surface area (Å²) in [6, 6.07) is 18.9. The Bertz CT molecular complexity index is 1360. The molecule has 3 aromatic rings. The number of halogens is 1. The maximum absolute atomic E-state index is 13.8. The number of sulfonamides is 1. The maximum Gasteiger partial charge on any atom is 0.264 e. The molecule has 3 rings (SSSR count). The molecule has 196 valence electrons. The summed E-state index contributed by atoms with van der Waals surface area (Å²) in [5.74, 6) is -0.318. The van der Waals surface area contributed by atoms with Gasteiger partial charge in [-0.05, 0) is 73.5 Å². The highest BCUT2D eigenvalue weighted by molar-refractivity contribution is 7.92. The third-order valence-corrected chi connectivity index (χ3v) is 7.91. The zero-order valence-corrected chi connectivity index (χ0v) is 22.7. The van der Waals surface area contributed by atoms with Crippen LogP contribution in [0.3, 0.4) is 0 Å². The number of nitrogens with one attached hydrogen (secondary N) is 1. The van der Waals surface area contributed by atoms with Crippen LogP contribution in [0, 0.1) is 6.92 Å². The van der Waals surface area contributed by atoms with E-state index < -0.39 is 28.5 Å². The number of amides is 2. The summed E-state index contributed by atoms with van der Waals surface area (Å²) >= 11 is 5.97. The summed E-state index contributed by atoms with van der Waals surface area (Å²) in [4.78, 5) is 27.6. The Kier molecular flexibility index (Phi) is 9.18. The van der Waals surface area contributed by atoms with E-state index in [0.29, 0.717) is 16.5 Å². The molecular formula is C27H30ClN3O5S. The zero-order chi connectivity index (χ0) is 27.2. The number of carbonyl (C=O) groups is 2. The molecule has 37 heavy (non-hydrogen) atoms. The molecule has 0 aliphatic rings. The van der Waals surface area contributed by atoms with E-state index >= 15 is 0 Å². The van der Waals surface area contributed by atoms with Crippen LogP contribution in [0.4, 0.5) is 5.69 Å². The van der Waals surface area contributed by atoms with Crippen molar-refractivity contribution in [2.24, 2.45) is 0 Å². The van der Waals surface area contributed by atoms with Crippen LogP contribution in [-0.2, 0) is 26.2 Å². The predicted molar refractivity (Wildman–Crippen MR) is 144 cm³/mol. The Morgan fingerprint density at radius 1 is 1.03 bits per heavy atom. The fraction of sp³-hybridized carbons (Fsp3) is 0.259. The predicted octanol–water partition coefficient (Wildman–Crippen LogP) is 4.02. The van der Waals surface area contributed by atoms with Crippen LogP contribution in [0.15, 0.2) is 77.7 Å². The summed E-state index contributed by atoms with van der Waals surface area (Å²) in [5.41, 5.74) is 1.89. The van der Waals surface area contributed by atoms with E-state index in [-0.39, 0.29) is 17.3 Å². The molecule has 0 fully saturated rings. The topological polar surface area (TPSA) is 96.0 Å². The number of aryl methyl sites for hydroxylation is 1. The Morgan fingerprint density at radius 2 is 1.70 bits per heavy atom. The van der Waals surface area contributed by atoms with Gasteiger partial charge in [0, 0.05) is 18.6 Å². The number of likely N-dealkylation sites (N-methyl/N-ethyl adjacent to an activating group) is 1. The number of hydrogen-bond donors (Lipinski definition) is 1. The smallest absolute Gasteiger partial charge is 0.264 e. The second kappa shape index (κ2) is 12.1. The fourth-order valence-corrected chi connectivity index (χ4v) is 5.34. The molecule has 3 aromatic carbocycles. The second-order valence-electron chi connectivity index (χ2n) is 8.47. The first-order valence-electron chi connectivity index (χ1n) is 11.6. The van der Waals surface area contributed by atoms with Crippen molar-refractivity contribution in [3.05, 3.63) is 88.9 Å². The van der Waals surface area contributed by atoms with E-state index in [1.165, 1.54) is 43.3 Å². The van der Waals surface area contributed by atoms with Crippen LogP contribution in [0.25, 0.3) is 0 Å². The highest BCUT2D eigenvalue weighted by atomic mass is 35.5. The van der Waals surface area contributed by atoms with E-state index in [0.717, 1.165) is 15.4 Å². The summed E-state index contributed by atoms with van der Waals surface area (Å²) in [6.07, 6.45) is 0. The average Bonchev–Trinajstić information content (AvgIpc) is 2.89. The molecule has 8 nitrogen and oxygen atoms in total. The van der Waals surface area contributed by atoms with Gasteiger partial charge in [0.2, 0.25) is 11.8 Å². The number of rotatable bonds is 10. The normalized spacial score (nSPS) is 11.9. The quantitative estimate of drug-likeness (QED) is 0.417. The van der Waals surface area contributed by atoms with Gasteiger partial charge in [0.1, 0.15) is 18.3 Å². The molecule has 10 heteroatoms. The van der Waals surface area contributed by atoms with Crippen LogP contribution in [0.1, 0.15) is 18.1 Å². The van der Waals surface area contributed by atoms with E-state index in [1.54, 1.807) is 43.3 Å². The van der Waals surface area contributed by atoms with Crippen LogP contribution >= 0.6 is 11.6 Å². The van der Waals surface area contributed by atoms with Crippen molar-refractivity contribution < 1.29 is 22.7 Å². The summed E-state index contributed by atoms with van der Waals surface area (Å²) in [5, 5.41) is 2.95. The SMILES string of the molecule is CNC(=O)[C@@H](C)N(Cc1cccc(OC)c1)C(=O)CN(c1cccc(C)c1)S(=O)(=O)c1ccc(Cl)cc1. The molecule has 1 N–H and O–H groups in total. The van der Waals surface area contributed by atoms with Crippen molar-refractivity contribution in [2.75, 3.05) is 25.0 Å². The molecule has 0 aliphatic carbocycles. The highest BCUT2D eigenvalue weighted by Crippen LogP contribution is 2.26. The van der Waals surface area contributed by atoms with Gasteiger partial charge in [0.05, 0.1) is 17.7 Å². The minimum Gasteiger partial charge on any atom is -0.497 e. The number of benzene rings is 3. The van der Waals surface area contributed by atoms with E-state index in [9.17, 15) is 18.0 Å². The molecule has 0 saturated carbocycles.